The first kappa shape index (κ1) is 16.0. The fraction of sp³-hybridized carbons (Fsp3) is 0.300. The fourth-order valence-corrected chi connectivity index (χ4v) is 2.43. The fourth-order valence-electron chi connectivity index (χ4n) is 1.34. The molecule has 1 rings (SSSR count). The van der Waals surface area contributed by atoms with Gasteiger partial charge in [0.15, 0.2) is 0 Å². The number of benzene rings is 1. The first-order valence-electron chi connectivity index (χ1n) is 5.34. The van der Waals surface area contributed by atoms with E-state index in [1.807, 2.05) is 4.72 Å². The molecule has 0 saturated carbocycles. The van der Waals surface area contributed by atoms with Gasteiger partial charge in [0, 0.05) is 13.1 Å². The summed E-state index contributed by atoms with van der Waals surface area (Å²) in [5.74, 6) is -1.68. The quantitative estimate of drug-likeness (QED) is 0.589. The molecule has 0 radical (unpaired) electrons. The van der Waals surface area contributed by atoms with Crippen LogP contribution in [0.25, 0.3) is 0 Å². The number of sulfonamides is 1. The number of hydrogen-bond acceptors (Lipinski definition) is 5. The summed E-state index contributed by atoms with van der Waals surface area (Å²) in [6, 6.07) is 1.56. The summed E-state index contributed by atoms with van der Waals surface area (Å²) >= 11 is 0. The molecule has 110 valence electrons. The van der Waals surface area contributed by atoms with Crippen LogP contribution in [0, 0.1) is 22.9 Å². The van der Waals surface area contributed by atoms with Crippen molar-refractivity contribution in [3.63, 3.8) is 0 Å². The molecule has 8 nitrogen and oxygen atoms in total. The van der Waals surface area contributed by atoms with Gasteiger partial charge >= 0.3 is 5.69 Å². The van der Waals surface area contributed by atoms with E-state index in [0.717, 1.165) is 6.07 Å². The average Bonchev–Trinajstić information content (AvgIpc) is 2.38. The van der Waals surface area contributed by atoms with Gasteiger partial charge in [-0.3, -0.25) is 14.9 Å². The molecule has 0 spiro atoms. The largest absolute Gasteiger partial charge is 0.358 e. The van der Waals surface area contributed by atoms with Crippen molar-refractivity contribution in [2.45, 2.75) is 11.8 Å². The highest BCUT2D eigenvalue weighted by atomic mass is 32.2. The molecule has 1 aromatic rings. The van der Waals surface area contributed by atoms with Crippen molar-refractivity contribution in [3.05, 3.63) is 33.6 Å². The van der Waals surface area contributed by atoms with E-state index in [0.29, 0.717) is 6.07 Å². The Labute approximate surface area is 114 Å². The van der Waals surface area contributed by atoms with Crippen molar-refractivity contribution >= 4 is 21.6 Å². The predicted molar refractivity (Wildman–Crippen MR) is 67.0 cm³/mol. The Morgan fingerprint density at radius 1 is 1.45 bits per heavy atom. The SMILES string of the molecule is CNC(=O)CNS(=O)(=O)c1cc(C)c(F)c([N+](=O)[O-])c1. The van der Waals surface area contributed by atoms with Crippen molar-refractivity contribution in [3.8, 4) is 0 Å². The van der Waals surface area contributed by atoms with Gasteiger partial charge in [-0.05, 0) is 18.6 Å². The summed E-state index contributed by atoms with van der Waals surface area (Å²) in [5, 5.41) is 12.9. The number of nitro benzene ring substituents is 1. The molecule has 0 aromatic heterocycles. The third-order valence-corrected chi connectivity index (χ3v) is 3.80. The van der Waals surface area contributed by atoms with Crippen LogP contribution in [0.2, 0.25) is 0 Å². The Hall–Kier alpha value is -2.07. The van der Waals surface area contributed by atoms with Gasteiger partial charge in [-0.25, -0.2) is 13.1 Å². The van der Waals surface area contributed by atoms with Gasteiger partial charge in [-0.15, -0.1) is 0 Å². The number of hydrogen-bond donors (Lipinski definition) is 2. The van der Waals surface area contributed by atoms with Gasteiger partial charge in [0.25, 0.3) is 0 Å². The van der Waals surface area contributed by atoms with Crippen LogP contribution >= 0.6 is 0 Å². The summed E-state index contributed by atoms with van der Waals surface area (Å²) in [5.41, 5.74) is -1.12. The van der Waals surface area contributed by atoms with Crippen molar-refractivity contribution in [2.24, 2.45) is 0 Å². The van der Waals surface area contributed by atoms with Crippen molar-refractivity contribution in [1.29, 1.82) is 0 Å². The van der Waals surface area contributed by atoms with Crippen LogP contribution in [0.4, 0.5) is 10.1 Å². The second-order valence-electron chi connectivity index (χ2n) is 3.83. The van der Waals surface area contributed by atoms with E-state index in [4.69, 9.17) is 0 Å². The minimum Gasteiger partial charge on any atom is -0.358 e. The molecule has 1 aromatic carbocycles. The maximum absolute atomic E-state index is 13.5. The van der Waals surface area contributed by atoms with Crippen LogP contribution in [-0.4, -0.2) is 32.8 Å². The molecule has 0 unspecified atom stereocenters. The normalized spacial score (nSPS) is 11.2. The van der Waals surface area contributed by atoms with E-state index in [1.54, 1.807) is 0 Å². The molecule has 0 aliphatic heterocycles. The lowest BCUT2D eigenvalue weighted by Crippen LogP contribution is -2.35. The number of likely N-dealkylation sites (N-methyl/N-ethyl adjacent to an activating group) is 1. The monoisotopic (exact) mass is 305 g/mol. The Kier molecular flexibility index (Phi) is 4.73. The van der Waals surface area contributed by atoms with E-state index >= 15 is 0 Å². The van der Waals surface area contributed by atoms with E-state index in [-0.39, 0.29) is 5.56 Å². The molecule has 10 heteroatoms. The Bertz CT molecular complexity index is 659. The lowest BCUT2D eigenvalue weighted by Gasteiger charge is -2.07. The highest BCUT2D eigenvalue weighted by Crippen LogP contribution is 2.24. The van der Waals surface area contributed by atoms with Crippen LogP contribution in [0.5, 0.6) is 0 Å². The van der Waals surface area contributed by atoms with Crippen LogP contribution < -0.4 is 10.0 Å². The number of amides is 1. The zero-order valence-electron chi connectivity index (χ0n) is 10.6. The first-order chi connectivity index (χ1) is 9.19. The summed E-state index contributed by atoms with van der Waals surface area (Å²) in [7, 11) is -2.82. The standard InChI is InChI=1S/C10H12FN3O5S/c1-6-3-7(4-8(10(6)11)14(16)17)20(18,19)13-5-9(15)12-2/h3-4,13H,5H2,1-2H3,(H,12,15). The third kappa shape index (κ3) is 3.48. The Balaban J connectivity index is 3.19. The number of carbonyl (C=O) groups excluding carboxylic acids is 1. The van der Waals surface area contributed by atoms with Crippen LogP contribution in [0.3, 0.4) is 0 Å². The number of rotatable bonds is 5. The smallest absolute Gasteiger partial charge is 0.306 e. The zero-order valence-corrected chi connectivity index (χ0v) is 11.5. The molecular formula is C10H12FN3O5S. The Morgan fingerprint density at radius 3 is 2.55 bits per heavy atom. The molecule has 0 heterocycles. The molecular weight excluding hydrogens is 293 g/mol. The number of carbonyl (C=O) groups is 1. The minimum absolute atomic E-state index is 0.181. The second-order valence-corrected chi connectivity index (χ2v) is 5.60. The highest BCUT2D eigenvalue weighted by Gasteiger charge is 2.24. The molecule has 2 N–H and O–H groups in total. The van der Waals surface area contributed by atoms with Crippen molar-refractivity contribution < 1.29 is 22.5 Å². The summed E-state index contributed by atoms with van der Waals surface area (Å²) < 4.78 is 39.1. The summed E-state index contributed by atoms with van der Waals surface area (Å²) in [6.45, 7) is 0.684. The number of aryl methyl sites for hydroxylation is 1. The van der Waals surface area contributed by atoms with Crippen LogP contribution in [0.1, 0.15) is 5.56 Å². The van der Waals surface area contributed by atoms with Gasteiger partial charge in [0.05, 0.1) is 16.4 Å². The molecule has 0 bridgehead atoms. The first-order valence-corrected chi connectivity index (χ1v) is 6.82. The number of nitrogens with one attached hydrogen (secondary N) is 2. The lowest BCUT2D eigenvalue weighted by atomic mass is 10.2. The van der Waals surface area contributed by atoms with E-state index < -0.39 is 43.8 Å². The maximum atomic E-state index is 13.5. The number of nitrogens with zero attached hydrogens (tertiary/aromatic N) is 1. The Morgan fingerprint density at radius 2 is 2.05 bits per heavy atom. The topological polar surface area (TPSA) is 118 Å². The molecule has 0 fully saturated rings. The minimum atomic E-state index is -4.14. The average molecular weight is 305 g/mol. The van der Waals surface area contributed by atoms with Crippen molar-refractivity contribution in [1.82, 2.24) is 10.0 Å². The van der Waals surface area contributed by atoms with Gasteiger partial charge in [0.1, 0.15) is 0 Å². The van der Waals surface area contributed by atoms with E-state index in [1.165, 1.54) is 14.0 Å². The van der Waals surface area contributed by atoms with Gasteiger partial charge < -0.3 is 5.32 Å². The summed E-state index contributed by atoms with van der Waals surface area (Å²) in [4.78, 5) is 20.1. The molecule has 0 aliphatic rings. The maximum Gasteiger partial charge on any atom is 0.306 e. The highest BCUT2D eigenvalue weighted by molar-refractivity contribution is 7.89. The zero-order chi connectivity index (χ0) is 15.5. The lowest BCUT2D eigenvalue weighted by molar-refractivity contribution is -0.387. The van der Waals surface area contributed by atoms with Crippen LogP contribution in [0.15, 0.2) is 17.0 Å². The molecule has 0 atom stereocenters. The molecule has 20 heavy (non-hydrogen) atoms. The second kappa shape index (κ2) is 5.92. The molecule has 1 amide bonds. The van der Waals surface area contributed by atoms with Gasteiger partial charge in [0.2, 0.25) is 21.7 Å². The summed E-state index contributed by atoms with van der Waals surface area (Å²) in [6.07, 6.45) is 0. The molecule has 0 saturated heterocycles. The number of halogens is 1. The van der Waals surface area contributed by atoms with Gasteiger partial charge in [-0.1, -0.05) is 0 Å². The van der Waals surface area contributed by atoms with E-state index in [2.05, 4.69) is 5.32 Å². The van der Waals surface area contributed by atoms with E-state index in [9.17, 15) is 27.7 Å². The third-order valence-electron chi connectivity index (χ3n) is 2.42. The predicted octanol–water partition coefficient (Wildman–Crippen LogP) is 0.0666. The number of nitro groups is 1. The van der Waals surface area contributed by atoms with Gasteiger partial charge in [-0.2, -0.15) is 4.39 Å². The van der Waals surface area contributed by atoms with Crippen LogP contribution in [-0.2, 0) is 14.8 Å². The van der Waals surface area contributed by atoms with Crippen molar-refractivity contribution in [2.75, 3.05) is 13.6 Å². The molecule has 0 aliphatic carbocycles.